The summed E-state index contributed by atoms with van der Waals surface area (Å²) in [5.74, 6) is 0.738. The minimum absolute atomic E-state index is 0.738. The molecule has 0 bridgehead atoms. The molecule has 0 saturated carbocycles. The van der Waals surface area contributed by atoms with E-state index in [0.29, 0.717) is 0 Å². The molecule has 0 unspecified atom stereocenters. The Kier molecular flexibility index (Phi) is 5.59. The highest BCUT2D eigenvalue weighted by atomic mass is 127. The summed E-state index contributed by atoms with van der Waals surface area (Å²) >= 11 is 2.36. The summed E-state index contributed by atoms with van der Waals surface area (Å²) in [5.41, 5.74) is 7.23. The molecule has 0 fully saturated rings. The Morgan fingerprint density at radius 1 is 0.452 bits per heavy atom. The molecule has 0 atom stereocenters. The topological polar surface area (TPSA) is 25.8 Å². The van der Waals surface area contributed by atoms with Gasteiger partial charge in [-0.15, -0.1) is 0 Å². The highest BCUT2D eigenvalue weighted by Crippen LogP contribution is 2.39. The molecule has 148 valence electrons. The lowest BCUT2D eigenvalue weighted by Crippen LogP contribution is -2.01. The highest BCUT2D eigenvalue weighted by Gasteiger charge is 2.20. The summed E-state index contributed by atoms with van der Waals surface area (Å²) in [6.07, 6.45) is 0. The van der Waals surface area contributed by atoms with E-state index in [1.807, 2.05) is 30.3 Å². The number of halogens is 1. The van der Waals surface area contributed by atoms with Crippen LogP contribution < -0.4 is 0 Å². The summed E-state index contributed by atoms with van der Waals surface area (Å²) in [6.45, 7) is 0. The first-order valence-electron chi connectivity index (χ1n) is 10.1. The van der Waals surface area contributed by atoms with Crippen LogP contribution in [0.25, 0.3) is 45.0 Å². The van der Waals surface area contributed by atoms with Gasteiger partial charge in [-0.1, -0.05) is 109 Å². The number of hydrogen-bond acceptors (Lipinski definition) is 2. The molecule has 0 aliphatic carbocycles. The van der Waals surface area contributed by atoms with Gasteiger partial charge in [0.1, 0.15) is 0 Å². The van der Waals surface area contributed by atoms with Gasteiger partial charge in [-0.25, -0.2) is 9.97 Å². The first-order valence-corrected chi connectivity index (χ1v) is 11.2. The van der Waals surface area contributed by atoms with Crippen LogP contribution in [0.15, 0.2) is 115 Å². The first kappa shape index (κ1) is 19.6. The molecule has 1 heterocycles. The summed E-state index contributed by atoms with van der Waals surface area (Å²) in [7, 11) is 0. The van der Waals surface area contributed by atoms with E-state index in [1.54, 1.807) is 0 Å². The molecule has 4 aromatic carbocycles. The molecule has 0 radical (unpaired) electrons. The first-order chi connectivity index (χ1) is 15.3. The number of benzene rings is 4. The fraction of sp³-hybridized carbons (Fsp3) is 0. The van der Waals surface area contributed by atoms with Crippen molar-refractivity contribution in [3.8, 4) is 45.0 Å². The average molecular weight is 510 g/mol. The van der Waals surface area contributed by atoms with E-state index >= 15 is 0 Å². The van der Waals surface area contributed by atoms with E-state index in [1.165, 1.54) is 0 Å². The van der Waals surface area contributed by atoms with Crippen LogP contribution in [0, 0.1) is 3.57 Å². The monoisotopic (exact) mass is 510 g/mol. The fourth-order valence-electron chi connectivity index (χ4n) is 3.71. The molecule has 0 aliphatic rings. The van der Waals surface area contributed by atoms with Crippen molar-refractivity contribution in [2.75, 3.05) is 0 Å². The Labute approximate surface area is 195 Å². The maximum atomic E-state index is 5.12. The predicted molar refractivity (Wildman–Crippen MR) is 136 cm³/mol. The molecular formula is C28H19IN2. The van der Waals surface area contributed by atoms with Crippen molar-refractivity contribution in [3.05, 3.63) is 119 Å². The number of hydrogen-bond donors (Lipinski definition) is 0. The SMILES string of the molecule is Ic1ccccc1-c1nc(-c2ccccc2)c(-c2ccccc2)c(-c2ccccc2)n1. The maximum absolute atomic E-state index is 5.12. The summed E-state index contributed by atoms with van der Waals surface area (Å²) < 4.78 is 1.13. The van der Waals surface area contributed by atoms with Crippen molar-refractivity contribution >= 4 is 22.6 Å². The van der Waals surface area contributed by atoms with E-state index in [2.05, 4.69) is 108 Å². The molecule has 2 nitrogen and oxygen atoms in total. The van der Waals surface area contributed by atoms with Crippen molar-refractivity contribution in [1.82, 2.24) is 9.97 Å². The normalized spacial score (nSPS) is 10.7. The molecule has 0 saturated heterocycles. The van der Waals surface area contributed by atoms with E-state index in [0.717, 1.165) is 48.6 Å². The van der Waals surface area contributed by atoms with Crippen molar-refractivity contribution < 1.29 is 0 Å². The Morgan fingerprint density at radius 2 is 0.871 bits per heavy atom. The third kappa shape index (κ3) is 4.01. The van der Waals surface area contributed by atoms with Gasteiger partial charge in [0.15, 0.2) is 5.82 Å². The molecule has 31 heavy (non-hydrogen) atoms. The number of nitrogens with zero attached hydrogens (tertiary/aromatic N) is 2. The van der Waals surface area contributed by atoms with Gasteiger partial charge in [-0.05, 0) is 34.2 Å². The minimum Gasteiger partial charge on any atom is -0.227 e. The van der Waals surface area contributed by atoms with Crippen molar-refractivity contribution in [2.45, 2.75) is 0 Å². The second-order valence-corrected chi connectivity index (χ2v) is 8.36. The molecule has 0 N–H and O–H groups in total. The smallest absolute Gasteiger partial charge is 0.161 e. The summed E-state index contributed by atoms with van der Waals surface area (Å²) in [4.78, 5) is 10.2. The lowest BCUT2D eigenvalue weighted by Gasteiger charge is -2.17. The number of rotatable bonds is 4. The van der Waals surface area contributed by atoms with Crippen LogP contribution in [0.5, 0.6) is 0 Å². The zero-order valence-electron chi connectivity index (χ0n) is 16.7. The van der Waals surface area contributed by atoms with E-state index < -0.39 is 0 Å². The van der Waals surface area contributed by atoms with Gasteiger partial charge in [0, 0.05) is 25.8 Å². The quantitative estimate of drug-likeness (QED) is 0.231. The lowest BCUT2D eigenvalue weighted by atomic mass is 9.94. The summed E-state index contributed by atoms with van der Waals surface area (Å²) in [5, 5.41) is 0. The van der Waals surface area contributed by atoms with Crippen LogP contribution in [0.4, 0.5) is 0 Å². The van der Waals surface area contributed by atoms with Crippen molar-refractivity contribution in [1.29, 1.82) is 0 Å². The average Bonchev–Trinajstić information content (AvgIpc) is 2.85. The van der Waals surface area contributed by atoms with Gasteiger partial charge in [0.2, 0.25) is 0 Å². The second-order valence-electron chi connectivity index (χ2n) is 7.20. The summed E-state index contributed by atoms with van der Waals surface area (Å²) in [6, 6.07) is 39.4. The van der Waals surface area contributed by atoms with Crippen LogP contribution >= 0.6 is 22.6 Å². The standard InChI is InChI=1S/C28H19IN2/c29-24-19-11-10-18-23(24)28-30-26(21-14-6-2-7-15-21)25(20-12-4-1-5-13-20)27(31-28)22-16-8-3-9-17-22/h1-19H. The van der Waals surface area contributed by atoms with Gasteiger partial charge >= 0.3 is 0 Å². The molecule has 5 rings (SSSR count). The van der Waals surface area contributed by atoms with Gasteiger partial charge in [-0.3, -0.25) is 0 Å². The molecule has 1 aromatic heterocycles. The van der Waals surface area contributed by atoms with E-state index in [-0.39, 0.29) is 0 Å². The van der Waals surface area contributed by atoms with Crippen LogP contribution in [0.2, 0.25) is 0 Å². The van der Waals surface area contributed by atoms with E-state index in [9.17, 15) is 0 Å². The molecule has 0 spiro atoms. The Balaban J connectivity index is 1.89. The van der Waals surface area contributed by atoms with E-state index in [4.69, 9.17) is 9.97 Å². The molecule has 5 aromatic rings. The molecule has 0 amide bonds. The van der Waals surface area contributed by atoms with Crippen LogP contribution in [-0.4, -0.2) is 9.97 Å². The largest absolute Gasteiger partial charge is 0.227 e. The minimum atomic E-state index is 0.738. The zero-order valence-corrected chi connectivity index (χ0v) is 18.9. The molecule has 3 heteroatoms. The number of aromatic nitrogens is 2. The zero-order chi connectivity index (χ0) is 21.0. The van der Waals surface area contributed by atoms with Gasteiger partial charge in [0.05, 0.1) is 11.4 Å². The Morgan fingerprint density at radius 3 is 1.35 bits per heavy atom. The maximum Gasteiger partial charge on any atom is 0.161 e. The van der Waals surface area contributed by atoms with Gasteiger partial charge < -0.3 is 0 Å². The third-order valence-electron chi connectivity index (χ3n) is 5.18. The lowest BCUT2D eigenvalue weighted by molar-refractivity contribution is 1.18. The molecular weight excluding hydrogens is 491 g/mol. The predicted octanol–water partition coefficient (Wildman–Crippen LogP) is 7.75. The highest BCUT2D eigenvalue weighted by molar-refractivity contribution is 14.1. The van der Waals surface area contributed by atoms with Crippen molar-refractivity contribution in [3.63, 3.8) is 0 Å². The van der Waals surface area contributed by atoms with Crippen LogP contribution in [0.3, 0.4) is 0 Å². The Bertz CT molecular complexity index is 1260. The van der Waals surface area contributed by atoms with Gasteiger partial charge in [-0.2, -0.15) is 0 Å². The third-order valence-corrected chi connectivity index (χ3v) is 6.12. The van der Waals surface area contributed by atoms with Crippen LogP contribution in [0.1, 0.15) is 0 Å². The fourth-order valence-corrected chi connectivity index (χ4v) is 4.34. The van der Waals surface area contributed by atoms with Crippen molar-refractivity contribution in [2.24, 2.45) is 0 Å². The molecule has 0 aliphatic heterocycles. The second kappa shape index (κ2) is 8.82. The van der Waals surface area contributed by atoms with Crippen LogP contribution in [-0.2, 0) is 0 Å². The van der Waals surface area contributed by atoms with Gasteiger partial charge in [0.25, 0.3) is 0 Å². The Hall–Kier alpha value is -3.31.